The zero-order chi connectivity index (χ0) is 27.1. The summed E-state index contributed by atoms with van der Waals surface area (Å²) in [6.45, 7) is 0. The van der Waals surface area contributed by atoms with E-state index in [0.29, 0.717) is 21.7 Å². The summed E-state index contributed by atoms with van der Waals surface area (Å²) in [5.41, 5.74) is 1.93. The predicted octanol–water partition coefficient (Wildman–Crippen LogP) is 5.61. The number of nitrogens with one attached hydrogen (secondary N) is 1. The number of methoxy groups -OCH3 is 1. The molecule has 0 aliphatic heterocycles. The standard InChI is InChI=1S/C29H22Cl2N2O5/c1-37-26-16-19(12-15-25(26)38-27(34)23-14-13-22(30)17-24(23)31)18-32-33-28(35)29(36,20-8-4-2-5-9-20)21-10-6-3-7-11-21/h2-18,36H,1H3,(H,33,35)/b32-18-. The molecule has 9 heteroatoms. The molecule has 7 nitrogen and oxygen atoms in total. The van der Waals surface area contributed by atoms with Gasteiger partial charge in [-0.1, -0.05) is 83.9 Å². The second kappa shape index (κ2) is 11.9. The number of halogens is 2. The van der Waals surface area contributed by atoms with Gasteiger partial charge in [0, 0.05) is 5.02 Å². The third kappa shape index (κ3) is 5.86. The lowest BCUT2D eigenvalue weighted by molar-refractivity contribution is -0.136. The topological polar surface area (TPSA) is 97.2 Å². The van der Waals surface area contributed by atoms with Crippen molar-refractivity contribution in [2.24, 2.45) is 5.10 Å². The molecule has 192 valence electrons. The van der Waals surface area contributed by atoms with Crippen LogP contribution in [0.4, 0.5) is 0 Å². The highest BCUT2D eigenvalue weighted by Crippen LogP contribution is 2.31. The Morgan fingerprint density at radius 3 is 2.08 bits per heavy atom. The molecule has 0 spiro atoms. The average molecular weight is 549 g/mol. The number of esters is 1. The van der Waals surface area contributed by atoms with Crippen LogP contribution in [0.1, 0.15) is 27.0 Å². The normalized spacial score (nSPS) is 11.3. The van der Waals surface area contributed by atoms with Crippen LogP contribution in [0.25, 0.3) is 0 Å². The molecular weight excluding hydrogens is 527 g/mol. The first-order chi connectivity index (χ1) is 18.3. The van der Waals surface area contributed by atoms with Crippen molar-refractivity contribution in [1.29, 1.82) is 0 Å². The van der Waals surface area contributed by atoms with Gasteiger partial charge < -0.3 is 14.6 Å². The van der Waals surface area contributed by atoms with Crippen LogP contribution in [-0.2, 0) is 10.4 Å². The summed E-state index contributed by atoms with van der Waals surface area (Å²) in [7, 11) is 1.42. The van der Waals surface area contributed by atoms with E-state index in [9.17, 15) is 14.7 Å². The molecule has 0 saturated carbocycles. The summed E-state index contributed by atoms with van der Waals surface area (Å²) >= 11 is 12.0. The van der Waals surface area contributed by atoms with E-state index in [2.05, 4.69) is 10.5 Å². The Labute approximate surface area is 229 Å². The van der Waals surface area contributed by atoms with Crippen LogP contribution < -0.4 is 14.9 Å². The number of hydrogen-bond donors (Lipinski definition) is 2. The van der Waals surface area contributed by atoms with Crippen molar-refractivity contribution in [3.63, 3.8) is 0 Å². The number of carbonyl (C=O) groups is 2. The quantitative estimate of drug-likeness (QED) is 0.129. The molecule has 0 heterocycles. The van der Waals surface area contributed by atoms with Crippen LogP contribution in [0.2, 0.25) is 10.0 Å². The highest BCUT2D eigenvalue weighted by atomic mass is 35.5. The van der Waals surface area contributed by atoms with Gasteiger partial charge in [-0.3, -0.25) is 4.79 Å². The first kappa shape index (κ1) is 26.9. The lowest BCUT2D eigenvalue weighted by atomic mass is 9.85. The third-order valence-corrected chi connectivity index (χ3v) is 6.18. The molecule has 4 aromatic carbocycles. The number of amides is 1. The molecule has 38 heavy (non-hydrogen) atoms. The molecule has 0 aliphatic carbocycles. The van der Waals surface area contributed by atoms with E-state index in [1.165, 1.54) is 37.6 Å². The zero-order valence-electron chi connectivity index (χ0n) is 20.1. The molecule has 4 rings (SSSR count). The van der Waals surface area contributed by atoms with Gasteiger partial charge in [-0.15, -0.1) is 0 Å². The lowest BCUT2D eigenvalue weighted by Crippen LogP contribution is -2.43. The second-order valence-corrected chi connectivity index (χ2v) is 8.91. The Hall–Kier alpha value is -4.17. The van der Waals surface area contributed by atoms with E-state index < -0.39 is 17.5 Å². The fourth-order valence-corrected chi connectivity index (χ4v) is 4.18. The van der Waals surface area contributed by atoms with Gasteiger partial charge in [0.25, 0.3) is 5.91 Å². The van der Waals surface area contributed by atoms with Gasteiger partial charge in [0.05, 0.1) is 23.9 Å². The SMILES string of the molecule is COc1cc(/C=N\NC(=O)C(O)(c2ccccc2)c2ccccc2)ccc1OC(=O)c1ccc(Cl)cc1Cl. The van der Waals surface area contributed by atoms with E-state index in [4.69, 9.17) is 32.7 Å². The van der Waals surface area contributed by atoms with E-state index in [0.717, 1.165) is 0 Å². The fraction of sp³-hybridized carbons (Fsp3) is 0.0690. The van der Waals surface area contributed by atoms with Gasteiger partial charge in [0.15, 0.2) is 17.1 Å². The molecular formula is C29H22Cl2N2O5. The second-order valence-electron chi connectivity index (χ2n) is 8.07. The largest absolute Gasteiger partial charge is 0.493 e. The number of aliphatic hydroxyl groups is 1. The maximum absolute atomic E-state index is 13.2. The van der Waals surface area contributed by atoms with Gasteiger partial charge in [-0.2, -0.15) is 5.10 Å². The highest BCUT2D eigenvalue weighted by Gasteiger charge is 2.39. The molecule has 0 fully saturated rings. The van der Waals surface area contributed by atoms with Crippen molar-refractivity contribution >= 4 is 41.3 Å². The summed E-state index contributed by atoms with van der Waals surface area (Å²) in [5, 5.41) is 16.0. The molecule has 0 unspecified atom stereocenters. The smallest absolute Gasteiger partial charge is 0.345 e. The van der Waals surface area contributed by atoms with Crippen LogP contribution in [0.5, 0.6) is 11.5 Å². The maximum atomic E-state index is 13.2. The van der Waals surface area contributed by atoms with E-state index in [1.807, 2.05) is 0 Å². The number of nitrogens with zero attached hydrogens (tertiary/aromatic N) is 1. The lowest BCUT2D eigenvalue weighted by Gasteiger charge is -2.27. The highest BCUT2D eigenvalue weighted by molar-refractivity contribution is 6.36. The molecule has 1 amide bonds. The minimum absolute atomic E-state index is 0.149. The van der Waals surface area contributed by atoms with Crippen molar-refractivity contribution in [2.75, 3.05) is 7.11 Å². The van der Waals surface area contributed by atoms with Gasteiger partial charge in [0.1, 0.15) is 0 Å². The van der Waals surface area contributed by atoms with Crippen molar-refractivity contribution in [3.05, 3.63) is 129 Å². The van der Waals surface area contributed by atoms with E-state index >= 15 is 0 Å². The Balaban J connectivity index is 1.51. The predicted molar refractivity (Wildman–Crippen MR) is 146 cm³/mol. The molecule has 0 atom stereocenters. The molecule has 4 aromatic rings. The minimum atomic E-state index is -1.96. The number of hydrogen-bond acceptors (Lipinski definition) is 6. The summed E-state index contributed by atoms with van der Waals surface area (Å²) < 4.78 is 10.8. The zero-order valence-corrected chi connectivity index (χ0v) is 21.6. The maximum Gasteiger partial charge on any atom is 0.345 e. The number of carbonyl (C=O) groups excluding carboxylic acids is 2. The van der Waals surface area contributed by atoms with Gasteiger partial charge >= 0.3 is 5.97 Å². The van der Waals surface area contributed by atoms with Crippen molar-refractivity contribution in [1.82, 2.24) is 5.43 Å². The summed E-state index contributed by atoms with van der Waals surface area (Å²) in [5.74, 6) is -1.00. The molecule has 2 N–H and O–H groups in total. The first-order valence-corrected chi connectivity index (χ1v) is 12.1. The molecule has 0 saturated heterocycles. The van der Waals surface area contributed by atoms with Crippen LogP contribution in [0.15, 0.2) is 102 Å². The van der Waals surface area contributed by atoms with Crippen molar-refractivity contribution < 1.29 is 24.2 Å². The average Bonchev–Trinajstić information content (AvgIpc) is 2.94. The Bertz CT molecular complexity index is 1440. The van der Waals surface area contributed by atoms with Gasteiger partial charge in [-0.05, 0) is 53.1 Å². The van der Waals surface area contributed by atoms with Crippen molar-refractivity contribution in [3.8, 4) is 11.5 Å². The first-order valence-electron chi connectivity index (χ1n) is 11.3. The fourth-order valence-electron chi connectivity index (χ4n) is 3.69. The number of benzene rings is 4. The number of ether oxygens (including phenoxy) is 2. The van der Waals surface area contributed by atoms with Crippen LogP contribution in [0, 0.1) is 0 Å². The van der Waals surface area contributed by atoms with Crippen LogP contribution in [0.3, 0.4) is 0 Å². The molecule has 0 bridgehead atoms. The van der Waals surface area contributed by atoms with Crippen LogP contribution in [-0.4, -0.2) is 30.3 Å². The van der Waals surface area contributed by atoms with E-state index in [1.54, 1.807) is 72.8 Å². The third-order valence-electron chi connectivity index (χ3n) is 5.63. The Kier molecular flexibility index (Phi) is 8.43. The Morgan fingerprint density at radius 1 is 0.868 bits per heavy atom. The van der Waals surface area contributed by atoms with Crippen molar-refractivity contribution in [2.45, 2.75) is 5.60 Å². The van der Waals surface area contributed by atoms with Gasteiger partial charge in [-0.25, -0.2) is 10.2 Å². The monoisotopic (exact) mass is 548 g/mol. The molecule has 0 radical (unpaired) electrons. The number of rotatable bonds is 8. The van der Waals surface area contributed by atoms with Crippen LogP contribution >= 0.6 is 23.2 Å². The summed E-state index contributed by atoms with van der Waals surface area (Å²) in [6.07, 6.45) is 1.37. The molecule has 0 aliphatic rings. The Morgan fingerprint density at radius 2 is 1.50 bits per heavy atom. The summed E-state index contributed by atoms with van der Waals surface area (Å²) in [6, 6.07) is 26.4. The van der Waals surface area contributed by atoms with E-state index in [-0.39, 0.29) is 22.1 Å². The van der Waals surface area contributed by atoms with Gasteiger partial charge in [0.2, 0.25) is 0 Å². The summed E-state index contributed by atoms with van der Waals surface area (Å²) in [4.78, 5) is 25.7. The number of hydrazone groups is 1. The minimum Gasteiger partial charge on any atom is -0.493 e. The molecule has 0 aromatic heterocycles.